The molecule has 1 aromatic rings. The number of halogens is 1. The molecule has 0 spiro atoms. The number of phenols is 1. The van der Waals surface area contributed by atoms with Gasteiger partial charge in [-0.3, -0.25) is 9.59 Å². The van der Waals surface area contributed by atoms with Gasteiger partial charge in [-0.2, -0.15) is 0 Å². The quantitative estimate of drug-likeness (QED) is 0.753. The van der Waals surface area contributed by atoms with Crippen LogP contribution in [-0.2, 0) is 4.79 Å². The molecule has 0 aliphatic heterocycles. The molecule has 110 valence electrons. The molecular formula is C14H18ClNO4. The largest absolute Gasteiger partial charge is 0.508 e. The van der Waals surface area contributed by atoms with E-state index in [0.717, 1.165) is 0 Å². The molecule has 0 aliphatic rings. The van der Waals surface area contributed by atoms with Crippen LogP contribution in [0.4, 0.5) is 0 Å². The zero-order chi connectivity index (χ0) is 15.3. The second-order valence-corrected chi connectivity index (χ2v) is 5.45. The summed E-state index contributed by atoms with van der Waals surface area (Å²) in [6.45, 7) is 3.87. The van der Waals surface area contributed by atoms with Gasteiger partial charge in [0.2, 0.25) is 0 Å². The van der Waals surface area contributed by atoms with Gasteiger partial charge in [-0.05, 0) is 30.5 Å². The zero-order valence-corrected chi connectivity index (χ0v) is 12.1. The van der Waals surface area contributed by atoms with Crippen molar-refractivity contribution in [2.24, 2.45) is 11.8 Å². The van der Waals surface area contributed by atoms with Crippen LogP contribution in [0.2, 0.25) is 5.02 Å². The first-order valence-corrected chi connectivity index (χ1v) is 6.68. The summed E-state index contributed by atoms with van der Waals surface area (Å²) in [6, 6.07) is 4.03. The summed E-state index contributed by atoms with van der Waals surface area (Å²) in [4.78, 5) is 23.0. The van der Waals surface area contributed by atoms with E-state index in [-0.39, 0.29) is 28.8 Å². The Morgan fingerprint density at radius 2 is 2.00 bits per heavy atom. The van der Waals surface area contributed by atoms with E-state index in [9.17, 15) is 14.7 Å². The number of rotatable bonds is 6. The van der Waals surface area contributed by atoms with Crippen molar-refractivity contribution in [3.8, 4) is 5.75 Å². The summed E-state index contributed by atoms with van der Waals surface area (Å²) in [5, 5.41) is 21.2. The third-order valence-electron chi connectivity index (χ3n) is 2.81. The molecule has 5 nitrogen and oxygen atoms in total. The normalized spacial score (nSPS) is 12.2. The lowest BCUT2D eigenvalue weighted by Crippen LogP contribution is -2.33. The predicted molar refractivity (Wildman–Crippen MR) is 76.0 cm³/mol. The van der Waals surface area contributed by atoms with Crippen LogP contribution in [0.5, 0.6) is 5.75 Å². The number of aliphatic carboxylic acids is 1. The summed E-state index contributed by atoms with van der Waals surface area (Å²) in [7, 11) is 0. The van der Waals surface area contributed by atoms with E-state index in [0.29, 0.717) is 6.42 Å². The number of benzene rings is 1. The van der Waals surface area contributed by atoms with Crippen molar-refractivity contribution in [1.29, 1.82) is 0 Å². The first-order valence-electron chi connectivity index (χ1n) is 6.30. The molecule has 1 aromatic carbocycles. The molecule has 20 heavy (non-hydrogen) atoms. The fraction of sp³-hybridized carbons (Fsp3) is 0.429. The first-order chi connectivity index (χ1) is 9.31. The van der Waals surface area contributed by atoms with Crippen molar-refractivity contribution in [3.05, 3.63) is 28.8 Å². The average molecular weight is 300 g/mol. The van der Waals surface area contributed by atoms with Crippen molar-refractivity contribution in [2.45, 2.75) is 20.3 Å². The van der Waals surface area contributed by atoms with Gasteiger partial charge in [0.1, 0.15) is 5.75 Å². The lowest BCUT2D eigenvalue weighted by molar-refractivity contribution is -0.142. The molecule has 0 heterocycles. The predicted octanol–water partition coefficient (Wildman–Crippen LogP) is 2.52. The molecule has 0 saturated carbocycles. The van der Waals surface area contributed by atoms with E-state index >= 15 is 0 Å². The van der Waals surface area contributed by atoms with Gasteiger partial charge < -0.3 is 15.5 Å². The number of carbonyl (C=O) groups excluding carboxylic acids is 1. The third kappa shape index (κ3) is 4.74. The van der Waals surface area contributed by atoms with E-state index in [1.165, 1.54) is 18.2 Å². The molecule has 1 unspecified atom stereocenters. The monoisotopic (exact) mass is 299 g/mol. The lowest BCUT2D eigenvalue weighted by atomic mass is 9.97. The Balaban J connectivity index is 2.70. The van der Waals surface area contributed by atoms with Crippen LogP contribution in [0.25, 0.3) is 0 Å². The van der Waals surface area contributed by atoms with Gasteiger partial charge in [0, 0.05) is 6.54 Å². The topological polar surface area (TPSA) is 86.6 Å². The average Bonchev–Trinajstić information content (AvgIpc) is 2.36. The number of hydrogen-bond donors (Lipinski definition) is 3. The highest BCUT2D eigenvalue weighted by Crippen LogP contribution is 2.21. The SMILES string of the molecule is CC(C)CC(CNC(=O)c1cc(O)ccc1Cl)C(=O)O. The number of carboxylic acids is 1. The summed E-state index contributed by atoms with van der Waals surface area (Å²) in [5.74, 6) is -1.94. The highest BCUT2D eigenvalue weighted by Gasteiger charge is 2.20. The molecular weight excluding hydrogens is 282 g/mol. The Bertz CT molecular complexity index is 502. The van der Waals surface area contributed by atoms with Gasteiger partial charge in [-0.1, -0.05) is 25.4 Å². The first kappa shape index (κ1) is 16.3. The van der Waals surface area contributed by atoms with Gasteiger partial charge >= 0.3 is 5.97 Å². The molecule has 0 aliphatic carbocycles. The molecule has 1 atom stereocenters. The minimum absolute atomic E-state index is 0.0261. The number of phenolic OH excluding ortho intramolecular Hbond substituents is 1. The van der Waals surface area contributed by atoms with E-state index in [1.807, 2.05) is 13.8 Å². The number of amides is 1. The van der Waals surface area contributed by atoms with E-state index in [2.05, 4.69) is 5.32 Å². The molecule has 0 saturated heterocycles. The van der Waals surface area contributed by atoms with E-state index in [1.54, 1.807) is 0 Å². The van der Waals surface area contributed by atoms with Crippen LogP contribution in [0, 0.1) is 11.8 Å². The number of hydrogen-bond acceptors (Lipinski definition) is 3. The van der Waals surface area contributed by atoms with Gasteiger partial charge in [-0.25, -0.2) is 0 Å². The third-order valence-corrected chi connectivity index (χ3v) is 3.14. The Kier molecular flexibility index (Phi) is 5.82. The molecule has 0 radical (unpaired) electrons. The highest BCUT2D eigenvalue weighted by molar-refractivity contribution is 6.33. The van der Waals surface area contributed by atoms with E-state index < -0.39 is 17.8 Å². The zero-order valence-electron chi connectivity index (χ0n) is 11.4. The molecule has 0 aromatic heterocycles. The van der Waals surface area contributed by atoms with Crippen molar-refractivity contribution >= 4 is 23.5 Å². The fourth-order valence-electron chi connectivity index (χ4n) is 1.84. The van der Waals surface area contributed by atoms with Crippen LogP contribution in [0.15, 0.2) is 18.2 Å². The number of carboxylic acid groups (broad SMARTS) is 1. The lowest BCUT2D eigenvalue weighted by Gasteiger charge is -2.15. The van der Waals surface area contributed by atoms with Crippen molar-refractivity contribution in [1.82, 2.24) is 5.32 Å². The second kappa shape index (κ2) is 7.14. The second-order valence-electron chi connectivity index (χ2n) is 5.04. The molecule has 6 heteroatoms. The summed E-state index contributed by atoms with van der Waals surface area (Å²) in [6.07, 6.45) is 0.476. The van der Waals surface area contributed by atoms with Crippen molar-refractivity contribution < 1.29 is 19.8 Å². The number of carbonyl (C=O) groups is 2. The van der Waals surface area contributed by atoms with Crippen LogP contribution in [-0.4, -0.2) is 28.6 Å². The van der Waals surface area contributed by atoms with Crippen LogP contribution in [0.1, 0.15) is 30.6 Å². The number of aromatic hydroxyl groups is 1. The van der Waals surface area contributed by atoms with Crippen molar-refractivity contribution in [2.75, 3.05) is 6.54 Å². The smallest absolute Gasteiger partial charge is 0.308 e. The highest BCUT2D eigenvalue weighted by atomic mass is 35.5. The van der Waals surface area contributed by atoms with Gasteiger partial charge in [-0.15, -0.1) is 0 Å². The Morgan fingerprint density at radius 1 is 1.35 bits per heavy atom. The maximum Gasteiger partial charge on any atom is 0.308 e. The maximum absolute atomic E-state index is 11.9. The Labute approximate surface area is 122 Å². The molecule has 0 bridgehead atoms. The summed E-state index contributed by atoms with van der Waals surface area (Å²) >= 11 is 5.87. The van der Waals surface area contributed by atoms with Crippen LogP contribution in [0.3, 0.4) is 0 Å². The number of nitrogens with one attached hydrogen (secondary N) is 1. The van der Waals surface area contributed by atoms with E-state index in [4.69, 9.17) is 16.7 Å². The fourth-order valence-corrected chi connectivity index (χ4v) is 2.04. The van der Waals surface area contributed by atoms with Gasteiger partial charge in [0.15, 0.2) is 0 Å². The molecule has 1 amide bonds. The maximum atomic E-state index is 11.9. The Morgan fingerprint density at radius 3 is 2.55 bits per heavy atom. The van der Waals surface area contributed by atoms with Crippen molar-refractivity contribution in [3.63, 3.8) is 0 Å². The minimum atomic E-state index is -0.944. The van der Waals surface area contributed by atoms with Crippen LogP contribution >= 0.6 is 11.6 Å². The molecule has 3 N–H and O–H groups in total. The Hall–Kier alpha value is -1.75. The van der Waals surface area contributed by atoms with Gasteiger partial charge in [0.05, 0.1) is 16.5 Å². The summed E-state index contributed by atoms with van der Waals surface area (Å²) in [5.41, 5.74) is 0.125. The van der Waals surface area contributed by atoms with Crippen LogP contribution < -0.4 is 5.32 Å². The van der Waals surface area contributed by atoms with Gasteiger partial charge in [0.25, 0.3) is 5.91 Å². The standard InChI is InChI=1S/C14H18ClNO4/c1-8(2)5-9(14(19)20)7-16-13(18)11-6-10(17)3-4-12(11)15/h3-4,6,8-9,17H,5,7H2,1-2H3,(H,16,18)(H,19,20). The minimum Gasteiger partial charge on any atom is -0.508 e. The molecule has 0 fully saturated rings. The summed E-state index contributed by atoms with van der Waals surface area (Å²) < 4.78 is 0. The molecule has 1 rings (SSSR count).